The molecule has 1 aromatic carbocycles. The van der Waals surface area contributed by atoms with Gasteiger partial charge < -0.3 is 14.1 Å². The molecular formula is C20H26N2O4. The van der Waals surface area contributed by atoms with Crippen LogP contribution in [0.5, 0.6) is 0 Å². The van der Waals surface area contributed by atoms with Gasteiger partial charge in [-0.3, -0.25) is 9.36 Å². The molecule has 26 heavy (non-hydrogen) atoms. The molecule has 2 heterocycles. The van der Waals surface area contributed by atoms with Crippen LogP contribution in [-0.4, -0.2) is 40.7 Å². The van der Waals surface area contributed by atoms with E-state index in [4.69, 9.17) is 9.15 Å². The minimum Gasteiger partial charge on any atom is -0.408 e. The molecular weight excluding hydrogens is 332 g/mol. The molecule has 6 heteroatoms. The standard InChI is InChI=1S/C20H26N2O4/c1-2-3-6-15-11-21(12-18(25-15)14-9-10-14)19(23)13-22-16-7-4-5-8-17(16)26-20(22)24/h4-5,7-8,14-15,18H,2-3,6,9-13H2,1H3/t15-,18-/m1/s1. The van der Waals surface area contributed by atoms with Crippen LogP contribution in [0.25, 0.3) is 11.1 Å². The van der Waals surface area contributed by atoms with Gasteiger partial charge in [0.1, 0.15) is 6.54 Å². The van der Waals surface area contributed by atoms with E-state index in [1.807, 2.05) is 23.1 Å². The quantitative estimate of drug-likeness (QED) is 0.796. The van der Waals surface area contributed by atoms with E-state index >= 15 is 0 Å². The van der Waals surface area contributed by atoms with Crippen molar-refractivity contribution in [3.05, 3.63) is 34.8 Å². The monoisotopic (exact) mass is 358 g/mol. The van der Waals surface area contributed by atoms with Gasteiger partial charge in [-0.25, -0.2) is 4.79 Å². The number of para-hydroxylation sites is 2. The first kappa shape index (κ1) is 17.3. The molecule has 1 aliphatic carbocycles. The third kappa shape index (κ3) is 3.56. The van der Waals surface area contributed by atoms with E-state index in [1.54, 1.807) is 6.07 Å². The van der Waals surface area contributed by atoms with Gasteiger partial charge in [0.15, 0.2) is 5.58 Å². The van der Waals surface area contributed by atoms with Crippen LogP contribution in [0.3, 0.4) is 0 Å². The predicted octanol–water partition coefficient (Wildman–Crippen LogP) is 2.79. The summed E-state index contributed by atoms with van der Waals surface area (Å²) in [5, 5.41) is 0. The Morgan fingerprint density at radius 2 is 2.04 bits per heavy atom. The Hall–Kier alpha value is -2.08. The van der Waals surface area contributed by atoms with Crippen LogP contribution in [0.15, 0.2) is 33.5 Å². The highest BCUT2D eigenvalue weighted by molar-refractivity contribution is 5.79. The molecule has 2 aliphatic rings. The lowest BCUT2D eigenvalue weighted by molar-refractivity contribution is -0.148. The van der Waals surface area contributed by atoms with E-state index < -0.39 is 5.76 Å². The maximum absolute atomic E-state index is 12.9. The normalized spacial score (nSPS) is 23.5. The fourth-order valence-corrected chi connectivity index (χ4v) is 3.79. The SMILES string of the molecule is CCCC[C@@H]1CN(C(=O)Cn2c(=O)oc3ccccc32)C[C@H](C2CC2)O1. The number of fused-ring (bicyclic) bond motifs is 1. The molecule has 2 fully saturated rings. The Kier molecular flexibility index (Phi) is 4.85. The van der Waals surface area contributed by atoms with Gasteiger partial charge in [-0.15, -0.1) is 0 Å². The van der Waals surface area contributed by atoms with Crippen molar-refractivity contribution in [2.24, 2.45) is 5.92 Å². The van der Waals surface area contributed by atoms with Gasteiger partial charge in [-0.05, 0) is 37.3 Å². The van der Waals surface area contributed by atoms with Crippen LogP contribution >= 0.6 is 0 Å². The molecule has 1 aliphatic heterocycles. The summed E-state index contributed by atoms with van der Waals surface area (Å²) in [6.07, 6.45) is 5.85. The lowest BCUT2D eigenvalue weighted by Crippen LogP contribution is -2.51. The number of morpholine rings is 1. The zero-order valence-electron chi connectivity index (χ0n) is 15.2. The lowest BCUT2D eigenvalue weighted by atomic mass is 10.1. The first-order valence-electron chi connectivity index (χ1n) is 9.67. The van der Waals surface area contributed by atoms with Crippen molar-refractivity contribution < 1.29 is 13.9 Å². The minimum atomic E-state index is -0.478. The van der Waals surface area contributed by atoms with Crippen molar-refractivity contribution >= 4 is 17.0 Å². The van der Waals surface area contributed by atoms with Crippen molar-refractivity contribution in [3.8, 4) is 0 Å². The fourth-order valence-electron chi connectivity index (χ4n) is 3.79. The number of rotatable bonds is 6. The first-order valence-corrected chi connectivity index (χ1v) is 9.67. The Labute approximate surface area is 152 Å². The number of carbonyl (C=O) groups is 1. The Bertz CT molecular complexity index is 836. The van der Waals surface area contributed by atoms with E-state index in [1.165, 1.54) is 17.4 Å². The molecule has 1 saturated heterocycles. The second kappa shape index (κ2) is 7.27. The summed E-state index contributed by atoms with van der Waals surface area (Å²) in [5.41, 5.74) is 1.18. The number of nitrogens with zero attached hydrogens (tertiary/aromatic N) is 2. The van der Waals surface area contributed by atoms with Crippen LogP contribution in [0.1, 0.15) is 39.0 Å². The molecule has 0 radical (unpaired) electrons. The number of hydrogen-bond acceptors (Lipinski definition) is 4. The average molecular weight is 358 g/mol. The maximum atomic E-state index is 12.9. The maximum Gasteiger partial charge on any atom is 0.420 e. The molecule has 2 aromatic rings. The van der Waals surface area contributed by atoms with Crippen molar-refractivity contribution in [2.45, 2.75) is 57.8 Å². The highest BCUT2D eigenvalue weighted by Gasteiger charge is 2.39. The smallest absolute Gasteiger partial charge is 0.408 e. The van der Waals surface area contributed by atoms with Crippen molar-refractivity contribution in [2.75, 3.05) is 13.1 Å². The molecule has 1 amide bonds. The van der Waals surface area contributed by atoms with Crippen LogP contribution in [0.4, 0.5) is 0 Å². The first-order chi connectivity index (χ1) is 12.7. The van der Waals surface area contributed by atoms with Crippen molar-refractivity contribution in [1.29, 1.82) is 0 Å². The average Bonchev–Trinajstić information content (AvgIpc) is 3.45. The van der Waals surface area contributed by atoms with E-state index in [9.17, 15) is 9.59 Å². The largest absolute Gasteiger partial charge is 0.420 e. The van der Waals surface area contributed by atoms with Crippen molar-refractivity contribution in [1.82, 2.24) is 9.47 Å². The number of carbonyl (C=O) groups excluding carboxylic acids is 1. The van der Waals surface area contributed by atoms with Gasteiger partial charge in [-0.2, -0.15) is 0 Å². The second-order valence-electron chi connectivity index (χ2n) is 7.50. The van der Waals surface area contributed by atoms with Gasteiger partial charge in [-0.1, -0.05) is 31.9 Å². The van der Waals surface area contributed by atoms with E-state index in [-0.39, 0.29) is 24.7 Å². The summed E-state index contributed by atoms with van der Waals surface area (Å²) in [7, 11) is 0. The van der Waals surface area contributed by atoms with Crippen LogP contribution < -0.4 is 5.76 Å². The highest BCUT2D eigenvalue weighted by atomic mass is 16.5. The zero-order valence-corrected chi connectivity index (χ0v) is 15.2. The van der Waals surface area contributed by atoms with Gasteiger partial charge in [0.25, 0.3) is 0 Å². The van der Waals surface area contributed by atoms with Gasteiger partial charge >= 0.3 is 5.76 Å². The van der Waals surface area contributed by atoms with Crippen LogP contribution in [0.2, 0.25) is 0 Å². The molecule has 0 spiro atoms. The number of benzene rings is 1. The molecule has 0 bridgehead atoms. The summed E-state index contributed by atoms with van der Waals surface area (Å²) in [4.78, 5) is 27.0. The fraction of sp³-hybridized carbons (Fsp3) is 0.600. The summed E-state index contributed by atoms with van der Waals surface area (Å²) < 4.78 is 12.9. The second-order valence-corrected chi connectivity index (χ2v) is 7.50. The summed E-state index contributed by atoms with van der Waals surface area (Å²) in [6.45, 7) is 3.44. The Morgan fingerprint density at radius 1 is 1.23 bits per heavy atom. The van der Waals surface area contributed by atoms with Gasteiger partial charge in [0.2, 0.25) is 5.91 Å². The van der Waals surface area contributed by atoms with E-state index in [2.05, 4.69) is 6.92 Å². The van der Waals surface area contributed by atoms with Crippen LogP contribution in [0, 0.1) is 5.92 Å². The van der Waals surface area contributed by atoms with Crippen LogP contribution in [-0.2, 0) is 16.1 Å². The lowest BCUT2D eigenvalue weighted by Gasteiger charge is -2.38. The summed E-state index contributed by atoms with van der Waals surface area (Å²) >= 11 is 0. The number of aromatic nitrogens is 1. The number of amides is 1. The number of oxazole rings is 1. The molecule has 2 atom stereocenters. The Balaban J connectivity index is 1.50. The molecule has 0 N–H and O–H groups in total. The number of unbranched alkanes of at least 4 members (excludes halogenated alkanes) is 1. The highest BCUT2D eigenvalue weighted by Crippen LogP contribution is 2.37. The van der Waals surface area contributed by atoms with Crippen molar-refractivity contribution in [3.63, 3.8) is 0 Å². The molecule has 0 unspecified atom stereocenters. The van der Waals surface area contributed by atoms with E-state index in [0.29, 0.717) is 30.1 Å². The Morgan fingerprint density at radius 3 is 2.81 bits per heavy atom. The number of hydrogen-bond donors (Lipinski definition) is 0. The minimum absolute atomic E-state index is 0.0216. The summed E-state index contributed by atoms with van der Waals surface area (Å²) in [5.74, 6) is 0.0791. The molecule has 1 saturated carbocycles. The molecule has 140 valence electrons. The predicted molar refractivity (Wildman–Crippen MR) is 98.0 cm³/mol. The summed E-state index contributed by atoms with van der Waals surface area (Å²) in [6, 6.07) is 7.22. The third-order valence-electron chi connectivity index (χ3n) is 5.44. The number of ether oxygens (including phenoxy) is 1. The third-order valence-corrected chi connectivity index (χ3v) is 5.44. The molecule has 4 rings (SSSR count). The van der Waals surface area contributed by atoms with E-state index in [0.717, 1.165) is 19.3 Å². The van der Waals surface area contributed by atoms with Gasteiger partial charge in [0.05, 0.1) is 17.7 Å². The molecule has 1 aromatic heterocycles. The topological polar surface area (TPSA) is 64.7 Å². The zero-order chi connectivity index (χ0) is 18.1. The molecule has 6 nitrogen and oxygen atoms in total. The van der Waals surface area contributed by atoms with Gasteiger partial charge in [0, 0.05) is 13.1 Å².